The quantitative estimate of drug-likeness (QED) is 0.719. The molecule has 0 atom stereocenters. The lowest BCUT2D eigenvalue weighted by atomic mass is 10.2. The molecule has 0 spiro atoms. The number of carbonyl (C=O) groups is 1. The lowest BCUT2D eigenvalue weighted by Crippen LogP contribution is -2.15. The summed E-state index contributed by atoms with van der Waals surface area (Å²) in [6.45, 7) is 0. The van der Waals surface area contributed by atoms with Gasteiger partial charge in [-0.1, -0.05) is 0 Å². The number of carboxylic acids is 1. The number of alkyl halides is 3. The van der Waals surface area contributed by atoms with Gasteiger partial charge in [0, 0.05) is 0 Å². The Morgan fingerprint density at radius 2 is 2.00 bits per heavy atom. The molecule has 0 aliphatic carbocycles. The number of hydrogen-bond acceptors (Lipinski definition) is 2. The van der Waals surface area contributed by atoms with E-state index in [9.17, 15) is 22.4 Å². The standard InChI is InChI=1S/C7H3F4NO2/c8-3-1-4(6(13)14)5(12-2-3)7(9,10)11/h1-2H,(H,13,14). The summed E-state index contributed by atoms with van der Waals surface area (Å²) in [6.07, 6.45) is -4.59. The molecule has 0 radical (unpaired) electrons. The second-order valence-electron chi connectivity index (χ2n) is 2.35. The average Bonchev–Trinajstić information content (AvgIpc) is 2.01. The Balaban J connectivity index is 3.37. The van der Waals surface area contributed by atoms with E-state index >= 15 is 0 Å². The minimum Gasteiger partial charge on any atom is -0.478 e. The van der Waals surface area contributed by atoms with Crippen molar-refractivity contribution in [3.8, 4) is 0 Å². The fourth-order valence-electron chi connectivity index (χ4n) is 0.828. The fourth-order valence-corrected chi connectivity index (χ4v) is 0.828. The predicted octanol–water partition coefficient (Wildman–Crippen LogP) is 1.94. The molecule has 1 heterocycles. The van der Waals surface area contributed by atoms with Crippen molar-refractivity contribution in [2.45, 2.75) is 6.18 Å². The molecule has 7 heteroatoms. The molecule has 14 heavy (non-hydrogen) atoms. The molecule has 1 aromatic heterocycles. The maximum Gasteiger partial charge on any atom is 0.434 e. The molecule has 0 bridgehead atoms. The number of halogens is 4. The zero-order valence-corrected chi connectivity index (χ0v) is 6.47. The van der Waals surface area contributed by atoms with E-state index < -0.39 is 29.2 Å². The van der Waals surface area contributed by atoms with Crippen LogP contribution in [0.15, 0.2) is 12.3 Å². The zero-order valence-electron chi connectivity index (χ0n) is 6.47. The van der Waals surface area contributed by atoms with E-state index in [-0.39, 0.29) is 6.07 Å². The molecule has 0 fully saturated rings. The highest BCUT2D eigenvalue weighted by atomic mass is 19.4. The van der Waals surface area contributed by atoms with Gasteiger partial charge in [0.25, 0.3) is 0 Å². The van der Waals surface area contributed by atoms with Crippen molar-refractivity contribution in [1.29, 1.82) is 0 Å². The summed E-state index contributed by atoms with van der Waals surface area (Å²) >= 11 is 0. The maximum atomic E-state index is 12.4. The van der Waals surface area contributed by atoms with Crippen molar-refractivity contribution in [3.05, 3.63) is 29.3 Å². The average molecular weight is 209 g/mol. The number of aromatic nitrogens is 1. The summed E-state index contributed by atoms with van der Waals surface area (Å²) in [4.78, 5) is 13.0. The number of nitrogens with zero attached hydrogens (tertiary/aromatic N) is 1. The monoisotopic (exact) mass is 209 g/mol. The third-order valence-electron chi connectivity index (χ3n) is 1.35. The minimum absolute atomic E-state index is 0.276. The topological polar surface area (TPSA) is 50.2 Å². The van der Waals surface area contributed by atoms with Crippen molar-refractivity contribution in [3.63, 3.8) is 0 Å². The summed E-state index contributed by atoms with van der Waals surface area (Å²) in [7, 11) is 0. The first-order chi connectivity index (χ1) is 6.32. The number of hydrogen-bond donors (Lipinski definition) is 1. The summed E-state index contributed by atoms with van der Waals surface area (Å²) < 4.78 is 48.7. The van der Waals surface area contributed by atoms with E-state index in [0.29, 0.717) is 6.20 Å². The zero-order chi connectivity index (χ0) is 10.9. The molecule has 76 valence electrons. The van der Waals surface area contributed by atoms with Gasteiger partial charge in [0.15, 0.2) is 5.69 Å². The number of aromatic carboxylic acids is 1. The van der Waals surface area contributed by atoms with Gasteiger partial charge < -0.3 is 5.11 Å². The van der Waals surface area contributed by atoms with Crippen molar-refractivity contribution in [2.24, 2.45) is 0 Å². The molecule has 0 aliphatic heterocycles. The smallest absolute Gasteiger partial charge is 0.434 e. The van der Waals surface area contributed by atoms with Crippen molar-refractivity contribution >= 4 is 5.97 Å². The van der Waals surface area contributed by atoms with Crippen LogP contribution in [-0.4, -0.2) is 16.1 Å². The van der Waals surface area contributed by atoms with Crippen LogP contribution in [0.4, 0.5) is 17.6 Å². The Bertz CT molecular complexity index is 374. The molecule has 1 N–H and O–H groups in total. The van der Waals surface area contributed by atoms with Crippen LogP contribution >= 0.6 is 0 Å². The fraction of sp³-hybridized carbons (Fsp3) is 0.143. The Kier molecular flexibility index (Phi) is 2.41. The van der Waals surface area contributed by atoms with Crippen LogP contribution in [0.3, 0.4) is 0 Å². The Morgan fingerprint density at radius 1 is 1.43 bits per heavy atom. The number of rotatable bonds is 1. The molecule has 0 saturated carbocycles. The lowest BCUT2D eigenvalue weighted by molar-refractivity contribution is -0.141. The maximum absolute atomic E-state index is 12.4. The highest BCUT2D eigenvalue weighted by Crippen LogP contribution is 2.30. The minimum atomic E-state index is -4.90. The van der Waals surface area contributed by atoms with Crippen LogP contribution < -0.4 is 0 Å². The van der Waals surface area contributed by atoms with Gasteiger partial charge in [-0.3, -0.25) is 0 Å². The second kappa shape index (κ2) is 3.24. The van der Waals surface area contributed by atoms with Crippen molar-refractivity contribution in [2.75, 3.05) is 0 Å². The summed E-state index contributed by atoms with van der Waals surface area (Å²) in [5.74, 6) is -3.00. The van der Waals surface area contributed by atoms with E-state index in [4.69, 9.17) is 5.11 Å². The van der Waals surface area contributed by atoms with Crippen molar-refractivity contribution in [1.82, 2.24) is 4.98 Å². The van der Waals surface area contributed by atoms with E-state index in [0.717, 1.165) is 0 Å². The normalized spacial score (nSPS) is 11.4. The Hall–Kier alpha value is -1.66. The lowest BCUT2D eigenvalue weighted by Gasteiger charge is -2.07. The third kappa shape index (κ3) is 1.98. The highest BCUT2D eigenvalue weighted by molar-refractivity contribution is 5.89. The van der Waals surface area contributed by atoms with E-state index in [1.807, 2.05) is 0 Å². The van der Waals surface area contributed by atoms with Crippen LogP contribution in [0.5, 0.6) is 0 Å². The molecule has 0 unspecified atom stereocenters. The van der Waals surface area contributed by atoms with Gasteiger partial charge in [-0.15, -0.1) is 0 Å². The van der Waals surface area contributed by atoms with Gasteiger partial charge in [0.05, 0.1) is 11.8 Å². The Labute approximate surface area is 75.0 Å². The van der Waals surface area contributed by atoms with E-state index in [1.165, 1.54) is 0 Å². The van der Waals surface area contributed by atoms with Crippen LogP contribution in [0, 0.1) is 5.82 Å². The summed E-state index contributed by atoms with van der Waals surface area (Å²) in [6, 6.07) is 0.276. The largest absolute Gasteiger partial charge is 0.478 e. The molecule has 1 aromatic rings. The molecular formula is C7H3F4NO2. The summed E-state index contributed by atoms with van der Waals surface area (Å²) in [5.41, 5.74) is -2.80. The number of pyridine rings is 1. The summed E-state index contributed by atoms with van der Waals surface area (Å²) in [5, 5.41) is 8.35. The molecule has 1 rings (SSSR count). The van der Waals surface area contributed by atoms with Crippen molar-refractivity contribution < 1.29 is 27.5 Å². The predicted molar refractivity (Wildman–Crippen MR) is 36.2 cm³/mol. The molecule has 0 amide bonds. The number of carboxylic acid groups (broad SMARTS) is 1. The van der Waals surface area contributed by atoms with Crippen LogP contribution in [0.2, 0.25) is 0 Å². The molecular weight excluding hydrogens is 206 g/mol. The highest BCUT2D eigenvalue weighted by Gasteiger charge is 2.37. The molecule has 3 nitrogen and oxygen atoms in total. The first-order valence-corrected chi connectivity index (χ1v) is 3.28. The van der Waals surface area contributed by atoms with E-state index in [2.05, 4.69) is 4.98 Å². The van der Waals surface area contributed by atoms with E-state index in [1.54, 1.807) is 0 Å². The van der Waals surface area contributed by atoms with Gasteiger partial charge in [-0.05, 0) is 6.07 Å². The van der Waals surface area contributed by atoms with Gasteiger partial charge in [-0.2, -0.15) is 13.2 Å². The first-order valence-electron chi connectivity index (χ1n) is 3.28. The molecule has 0 aromatic carbocycles. The SMILES string of the molecule is O=C(O)c1cc(F)cnc1C(F)(F)F. The van der Waals surface area contributed by atoms with Crippen LogP contribution in [-0.2, 0) is 6.18 Å². The van der Waals surface area contributed by atoms with Gasteiger partial charge in [0.2, 0.25) is 0 Å². The van der Waals surface area contributed by atoms with Gasteiger partial charge in [-0.25, -0.2) is 14.2 Å². The van der Waals surface area contributed by atoms with Crippen LogP contribution in [0.1, 0.15) is 16.1 Å². The Morgan fingerprint density at radius 3 is 2.43 bits per heavy atom. The first kappa shape index (κ1) is 10.4. The molecule has 0 saturated heterocycles. The van der Waals surface area contributed by atoms with Crippen LogP contribution in [0.25, 0.3) is 0 Å². The second-order valence-corrected chi connectivity index (χ2v) is 2.35. The van der Waals surface area contributed by atoms with Gasteiger partial charge >= 0.3 is 12.1 Å². The third-order valence-corrected chi connectivity index (χ3v) is 1.35. The van der Waals surface area contributed by atoms with Gasteiger partial charge in [0.1, 0.15) is 5.82 Å². The molecule has 0 aliphatic rings.